The zero-order valence-corrected chi connectivity index (χ0v) is 18.8. The minimum Gasteiger partial charge on any atom is -0.354 e. The van der Waals surface area contributed by atoms with Crippen LogP contribution in [0.15, 0.2) is 23.5 Å². The van der Waals surface area contributed by atoms with Crippen molar-refractivity contribution < 1.29 is 8.42 Å². The van der Waals surface area contributed by atoms with E-state index in [4.69, 9.17) is 4.98 Å². The van der Waals surface area contributed by atoms with Crippen LogP contribution in [0.5, 0.6) is 0 Å². The van der Waals surface area contributed by atoms with Crippen molar-refractivity contribution in [2.24, 2.45) is 7.05 Å². The first-order valence-corrected chi connectivity index (χ1v) is 12.2. The van der Waals surface area contributed by atoms with Crippen molar-refractivity contribution in [3.63, 3.8) is 0 Å². The summed E-state index contributed by atoms with van der Waals surface area (Å²) in [7, 11) is -1.75. The van der Waals surface area contributed by atoms with E-state index in [2.05, 4.69) is 19.8 Å². The van der Waals surface area contributed by atoms with Crippen LogP contribution >= 0.6 is 0 Å². The third-order valence-electron chi connectivity index (χ3n) is 5.84. The van der Waals surface area contributed by atoms with E-state index in [1.165, 1.54) is 23.6 Å². The maximum atomic E-state index is 13.1. The molecule has 10 heteroatoms. The Morgan fingerprint density at radius 2 is 1.63 bits per heavy atom. The molecule has 30 heavy (non-hydrogen) atoms. The van der Waals surface area contributed by atoms with Gasteiger partial charge in [-0.15, -0.1) is 0 Å². The molecule has 0 atom stereocenters. The van der Waals surface area contributed by atoms with Gasteiger partial charge in [0, 0.05) is 64.6 Å². The Morgan fingerprint density at radius 1 is 0.933 bits per heavy atom. The number of piperazine rings is 1. The number of sulfonamides is 1. The first-order valence-electron chi connectivity index (χ1n) is 10.7. The van der Waals surface area contributed by atoms with E-state index < -0.39 is 10.0 Å². The van der Waals surface area contributed by atoms with Crippen LogP contribution in [0.4, 0.5) is 11.8 Å². The van der Waals surface area contributed by atoms with Gasteiger partial charge in [0.05, 0.1) is 0 Å². The number of aromatic nitrogens is 4. The van der Waals surface area contributed by atoms with Crippen molar-refractivity contribution >= 4 is 21.8 Å². The van der Waals surface area contributed by atoms with Crippen molar-refractivity contribution in [1.82, 2.24) is 23.8 Å². The first-order chi connectivity index (χ1) is 14.4. The maximum Gasteiger partial charge on any atom is 0.262 e. The topological polar surface area (TPSA) is 87.5 Å². The normalized spacial score (nSPS) is 18.9. The van der Waals surface area contributed by atoms with E-state index in [0.29, 0.717) is 26.2 Å². The number of anilines is 2. The van der Waals surface area contributed by atoms with Crippen LogP contribution in [0.1, 0.15) is 44.9 Å². The molecule has 0 amide bonds. The van der Waals surface area contributed by atoms with E-state index in [9.17, 15) is 8.42 Å². The molecular formula is C20H31N7O2S. The van der Waals surface area contributed by atoms with Gasteiger partial charge in [0.1, 0.15) is 11.6 Å². The lowest BCUT2D eigenvalue weighted by Gasteiger charge is -2.34. The highest BCUT2D eigenvalue weighted by Gasteiger charge is 2.31. The molecule has 2 aromatic heterocycles. The molecular weight excluding hydrogens is 402 g/mol. The number of rotatable bonds is 5. The molecule has 2 saturated heterocycles. The smallest absolute Gasteiger partial charge is 0.262 e. The zero-order chi connectivity index (χ0) is 21.3. The van der Waals surface area contributed by atoms with Gasteiger partial charge in [0.2, 0.25) is 5.95 Å². The molecule has 0 N–H and O–H groups in total. The summed E-state index contributed by atoms with van der Waals surface area (Å²) in [6.07, 6.45) is 7.04. The second-order valence-electron chi connectivity index (χ2n) is 8.36. The summed E-state index contributed by atoms with van der Waals surface area (Å²) in [5, 5.41) is 0.136. The molecule has 0 aromatic carbocycles. The van der Waals surface area contributed by atoms with Crippen LogP contribution in [0.25, 0.3) is 0 Å². The Balaban J connectivity index is 1.44. The van der Waals surface area contributed by atoms with Crippen LogP contribution in [0, 0.1) is 0 Å². The van der Waals surface area contributed by atoms with Gasteiger partial charge < -0.3 is 14.4 Å². The lowest BCUT2D eigenvalue weighted by molar-refractivity contribution is 0.382. The number of hydrogen-bond donors (Lipinski definition) is 0. The van der Waals surface area contributed by atoms with Crippen molar-refractivity contribution in [3.8, 4) is 0 Å². The van der Waals surface area contributed by atoms with Gasteiger partial charge in [-0.25, -0.2) is 18.4 Å². The molecule has 2 aliphatic rings. The molecule has 0 saturated carbocycles. The van der Waals surface area contributed by atoms with Gasteiger partial charge in [-0.3, -0.25) is 0 Å². The van der Waals surface area contributed by atoms with E-state index in [1.807, 2.05) is 27.0 Å². The summed E-state index contributed by atoms with van der Waals surface area (Å²) >= 11 is 0. The first kappa shape index (κ1) is 21.0. The predicted molar refractivity (Wildman–Crippen MR) is 116 cm³/mol. The zero-order valence-electron chi connectivity index (χ0n) is 18.0. The third kappa shape index (κ3) is 4.15. The highest BCUT2D eigenvalue weighted by molar-refractivity contribution is 7.89. The highest BCUT2D eigenvalue weighted by Crippen LogP contribution is 2.23. The Morgan fingerprint density at radius 3 is 2.27 bits per heavy atom. The monoisotopic (exact) mass is 433 g/mol. The van der Waals surface area contributed by atoms with E-state index in [-0.39, 0.29) is 10.9 Å². The van der Waals surface area contributed by atoms with Crippen molar-refractivity contribution in [1.29, 1.82) is 0 Å². The standard InChI is InChI=1S/C20H31N7O2S/c1-16(2)19-23-18(15-24(19)3)30(28,29)27-13-11-25(12-14-27)17-7-8-21-20(22-17)26-9-5-4-6-10-26/h7-8,15-16H,4-6,9-14H2,1-3H3. The van der Waals surface area contributed by atoms with Gasteiger partial charge in [-0.05, 0) is 25.3 Å². The van der Waals surface area contributed by atoms with Crippen molar-refractivity contribution in [3.05, 3.63) is 24.3 Å². The van der Waals surface area contributed by atoms with Crippen molar-refractivity contribution in [2.45, 2.75) is 44.1 Å². The molecule has 0 spiro atoms. The number of piperidine rings is 1. The fraction of sp³-hybridized carbons (Fsp3) is 0.650. The number of imidazole rings is 1. The molecule has 0 aliphatic carbocycles. The van der Waals surface area contributed by atoms with Gasteiger partial charge in [-0.2, -0.15) is 9.29 Å². The van der Waals surface area contributed by atoms with Crippen LogP contribution in [-0.4, -0.2) is 71.5 Å². The lowest BCUT2D eigenvalue weighted by Crippen LogP contribution is -2.49. The fourth-order valence-corrected chi connectivity index (χ4v) is 5.57. The molecule has 164 valence electrons. The van der Waals surface area contributed by atoms with E-state index >= 15 is 0 Å². The Hall–Kier alpha value is -2.20. The van der Waals surface area contributed by atoms with E-state index in [1.54, 1.807) is 17.0 Å². The van der Waals surface area contributed by atoms with Gasteiger partial charge in [0.25, 0.3) is 10.0 Å². The van der Waals surface area contributed by atoms with Crippen LogP contribution in [0.2, 0.25) is 0 Å². The molecule has 9 nitrogen and oxygen atoms in total. The minimum absolute atomic E-state index is 0.136. The molecule has 0 radical (unpaired) electrons. The van der Waals surface area contributed by atoms with Crippen LogP contribution in [-0.2, 0) is 17.1 Å². The lowest BCUT2D eigenvalue weighted by atomic mass is 10.1. The quantitative estimate of drug-likeness (QED) is 0.711. The fourth-order valence-electron chi connectivity index (χ4n) is 4.16. The SMILES string of the molecule is CC(C)c1nc(S(=O)(=O)N2CCN(c3ccnc(N4CCCCC4)n3)CC2)cn1C. The van der Waals surface area contributed by atoms with Crippen LogP contribution < -0.4 is 9.80 Å². The maximum absolute atomic E-state index is 13.1. The summed E-state index contributed by atoms with van der Waals surface area (Å²) in [6, 6.07) is 1.91. The Labute approximate surface area is 178 Å². The largest absolute Gasteiger partial charge is 0.354 e. The number of hydrogen-bond acceptors (Lipinski definition) is 7. The molecule has 2 aliphatic heterocycles. The summed E-state index contributed by atoms with van der Waals surface area (Å²) in [5.74, 6) is 2.58. The highest BCUT2D eigenvalue weighted by atomic mass is 32.2. The summed E-state index contributed by atoms with van der Waals surface area (Å²) < 4.78 is 29.5. The average Bonchev–Trinajstić information content (AvgIpc) is 3.17. The second kappa shape index (κ2) is 8.50. The summed E-state index contributed by atoms with van der Waals surface area (Å²) in [5.41, 5.74) is 0. The molecule has 2 aromatic rings. The van der Waals surface area contributed by atoms with Gasteiger partial charge in [0.15, 0.2) is 5.03 Å². The summed E-state index contributed by atoms with van der Waals surface area (Å²) in [6.45, 7) is 8.04. The molecule has 4 rings (SSSR count). The molecule has 2 fully saturated rings. The van der Waals surface area contributed by atoms with Crippen molar-refractivity contribution in [2.75, 3.05) is 49.1 Å². The van der Waals surface area contributed by atoms with Crippen LogP contribution in [0.3, 0.4) is 0 Å². The average molecular weight is 434 g/mol. The second-order valence-corrected chi connectivity index (χ2v) is 10.2. The van der Waals surface area contributed by atoms with Gasteiger partial charge >= 0.3 is 0 Å². The molecule has 0 unspecified atom stereocenters. The number of aryl methyl sites for hydroxylation is 1. The van der Waals surface area contributed by atoms with E-state index in [0.717, 1.165) is 30.7 Å². The molecule has 0 bridgehead atoms. The predicted octanol–water partition coefficient (Wildman–Crippen LogP) is 1.83. The third-order valence-corrected chi connectivity index (χ3v) is 7.61. The minimum atomic E-state index is -3.59. The Kier molecular flexibility index (Phi) is 5.97. The molecule has 4 heterocycles. The van der Waals surface area contributed by atoms with Gasteiger partial charge in [-0.1, -0.05) is 13.8 Å². The number of nitrogens with zero attached hydrogens (tertiary/aromatic N) is 7. The summed E-state index contributed by atoms with van der Waals surface area (Å²) in [4.78, 5) is 18.0. The Bertz CT molecular complexity index is 975.